The van der Waals surface area contributed by atoms with Gasteiger partial charge in [0.15, 0.2) is 0 Å². The van der Waals surface area contributed by atoms with Crippen LogP contribution in [0.4, 0.5) is 0 Å². The molecular formula is C6H9NaO6Pb. The molecule has 0 N–H and O–H groups in total. The zero-order chi connectivity index (χ0) is 10.7. The zero-order valence-corrected chi connectivity index (χ0v) is 14.3. The van der Waals surface area contributed by atoms with Gasteiger partial charge < -0.3 is 29.7 Å². The van der Waals surface area contributed by atoms with Gasteiger partial charge in [0.25, 0.3) is 0 Å². The van der Waals surface area contributed by atoms with Crippen LogP contribution in [0.3, 0.4) is 0 Å². The van der Waals surface area contributed by atoms with Crippen LogP contribution < -0.4 is 44.9 Å². The Balaban J connectivity index is -0.0000000270. The van der Waals surface area contributed by atoms with Crippen LogP contribution in [0.25, 0.3) is 0 Å². The Kier molecular flexibility index (Phi) is 48.6. The maximum Gasteiger partial charge on any atom is 2.00 e. The second-order valence-corrected chi connectivity index (χ2v) is 1.47. The summed E-state index contributed by atoms with van der Waals surface area (Å²) in [5, 5.41) is 26.7. The van der Waals surface area contributed by atoms with Crippen LogP contribution >= 0.6 is 0 Å². The van der Waals surface area contributed by atoms with Gasteiger partial charge in [0.2, 0.25) is 0 Å². The van der Waals surface area contributed by atoms with E-state index < -0.39 is 17.9 Å². The maximum atomic E-state index is 8.89. The van der Waals surface area contributed by atoms with Crippen molar-refractivity contribution in [3.8, 4) is 0 Å². The van der Waals surface area contributed by atoms with Crippen molar-refractivity contribution in [3.63, 3.8) is 0 Å². The summed E-state index contributed by atoms with van der Waals surface area (Å²) in [6, 6.07) is 0. The minimum atomic E-state index is -1.08. The Morgan fingerprint density at radius 1 is 0.714 bits per heavy atom. The van der Waals surface area contributed by atoms with E-state index in [2.05, 4.69) is 0 Å². The second-order valence-electron chi connectivity index (χ2n) is 1.47. The monoisotopic (exact) mass is 408 g/mol. The zero-order valence-electron chi connectivity index (χ0n) is 8.45. The fourth-order valence-electron chi connectivity index (χ4n) is 0. The van der Waals surface area contributed by atoms with Gasteiger partial charge in [-0.2, -0.15) is 0 Å². The summed E-state index contributed by atoms with van der Waals surface area (Å²) in [6.07, 6.45) is 0. The van der Waals surface area contributed by atoms with Crippen LogP contribution in [0.1, 0.15) is 20.8 Å². The summed E-state index contributed by atoms with van der Waals surface area (Å²) in [4.78, 5) is 26.7. The molecule has 0 amide bonds. The number of carbonyl (C=O) groups is 3. The minimum Gasteiger partial charge on any atom is -0.550 e. The molecule has 2 radical (unpaired) electrons. The predicted molar refractivity (Wildman–Crippen MR) is 37.8 cm³/mol. The molecule has 0 saturated carbocycles. The fourth-order valence-corrected chi connectivity index (χ4v) is 0. The quantitative estimate of drug-likeness (QED) is 0.368. The van der Waals surface area contributed by atoms with Crippen LogP contribution in [-0.4, -0.2) is 45.2 Å². The number of aliphatic carboxylic acids is 3. The predicted octanol–water partition coefficient (Wildman–Crippen LogP) is -7.11. The molecule has 6 nitrogen and oxygen atoms in total. The largest absolute Gasteiger partial charge is 2.00 e. The first kappa shape index (κ1) is 29.3. The molecule has 0 unspecified atom stereocenters. The molecule has 0 spiro atoms. The first-order valence-electron chi connectivity index (χ1n) is 2.72. The van der Waals surface area contributed by atoms with Gasteiger partial charge in [0.1, 0.15) is 0 Å². The van der Waals surface area contributed by atoms with E-state index in [-0.39, 0.29) is 56.9 Å². The summed E-state index contributed by atoms with van der Waals surface area (Å²) < 4.78 is 0. The molecule has 74 valence electrons. The molecule has 0 heterocycles. The van der Waals surface area contributed by atoms with E-state index in [4.69, 9.17) is 29.7 Å². The average molecular weight is 407 g/mol. The summed E-state index contributed by atoms with van der Waals surface area (Å²) in [6.45, 7) is 2.92. The molecule has 0 aromatic carbocycles. The molecule has 0 bridgehead atoms. The van der Waals surface area contributed by atoms with Crippen LogP contribution in [-0.2, 0) is 14.4 Å². The van der Waals surface area contributed by atoms with Crippen LogP contribution in [0.15, 0.2) is 0 Å². The third kappa shape index (κ3) is 14400. The number of carboxylic acids is 3. The molecule has 8 heteroatoms. The van der Waals surface area contributed by atoms with Gasteiger partial charge in [-0.1, -0.05) is 0 Å². The van der Waals surface area contributed by atoms with Gasteiger partial charge in [0.05, 0.1) is 0 Å². The number of carboxylic acid groups (broad SMARTS) is 3. The van der Waals surface area contributed by atoms with Crippen molar-refractivity contribution in [3.05, 3.63) is 0 Å². The number of hydrogen-bond acceptors (Lipinski definition) is 6. The Hall–Kier alpha value is 0.332. The van der Waals surface area contributed by atoms with Crippen molar-refractivity contribution in [2.24, 2.45) is 0 Å². The van der Waals surface area contributed by atoms with Crippen molar-refractivity contribution >= 4 is 45.2 Å². The molecule has 0 aliphatic carbocycles. The molecule has 0 rings (SSSR count). The normalized spacial score (nSPS) is 5.36. The van der Waals surface area contributed by atoms with Crippen molar-refractivity contribution in [2.75, 3.05) is 0 Å². The van der Waals surface area contributed by atoms with E-state index in [0.717, 1.165) is 20.8 Å². The third-order valence-corrected chi connectivity index (χ3v) is 0. The van der Waals surface area contributed by atoms with Crippen molar-refractivity contribution < 1.29 is 59.3 Å². The van der Waals surface area contributed by atoms with E-state index in [0.29, 0.717) is 0 Å². The number of hydrogen-bond donors (Lipinski definition) is 0. The average Bonchev–Trinajstić information content (AvgIpc) is 1.54. The molecule has 0 saturated heterocycles. The van der Waals surface area contributed by atoms with Crippen molar-refractivity contribution in [1.29, 1.82) is 0 Å². The molecule has 0 atom stereocenters. The molecule has 14 heavy (non-hydrogen) atoms. The van der Waals surface area contributed by atoms with E-state index in [9.17, 15) is 0 Å². The van der Waals surface area contributed by atoms with Gasteiger partial charge in [-0.05, 0) is 20.8 Å². The molecular weight excluding hydrogens is 398 g/mol. The van der Waals surface area contributed by atoms with E-state index in [1.807, 2.05) is 0 Å². The Bertz CT molecular complexity index is 120. The summed E-state index contributed by atoms with van der Waals surface area (Å²) in [5.41, 5.74) is 0. The van der Waals surface area contributed by atoms with E-state index in [1.165, 1.54) is 0 Å². The number of rotatable bonds is 0. The van der Waals surface area contributed by atoms with Gasteiger partial charge in [-0.15, -0.1) is 0 Å². The summed E-state index contributed by atoms with van der Waals surface area (Å²) in [5.74, 6) is -3.25. The number of carbonyl (C=O) groups excluding carboxylic acids is 3. The van der Waals surface area contributed by atoms with E-state index >= 15 is 0 Å². The third-order valence-electron chi connectivity index (χ3n) is 0. The maximum absolute atomic E-state index is 8.89. The molecule has 0 aliphatic rings. The topological polar surface area (TPSA) is 120 Å². The van der Waals surface area contributed by atoms with E-state index in [1.54, 1.807) is 0 Å². The van der Waals surface area contributed by atoms with Gasteiger partial charge in [-0.25, -0.2) is 0 Å². The van der Waals surface area contributed by atoms with Gasteiger partial charge in [-0.3, -0.25) is 0 Å². The van der Waals surface area contributed by atoms with Crippen LogP contribution in [0, 0.1) is 0 Å². The molecule has 0 aliphatic heterocycles. The van der Waals surface area contributed by atoms with Crippen molar-refractivity contribution in [1.82, 2.24) is 0 Å². The fraction of sp³-hybridized carbons (Fsp3) is 0.500. The molecule has 0 fully saturated rings. The summed E-state index contributed by atoms with van der Waals surface area (Å²) in [7, 11) is 0. The second kappa shape index (κ2) is 23.3. The first-order chi connectivity index (χ1) is 5.20. The Labute approximate surface area is 124 Å². The molecule has 0 aromatic heterocycles. The first-order valence-corrected chi connectivity index (χ1v) is 2.72. The SMILES string of the molecule is CC(=O)[O-].CC(=O)[O-].CC(=O)[O-].[Na+].[Pb+2]. The smallest absolute Gasteiger partial charge is 0.550 e. The van der Waals surface area contributed by atoms with Crippen LogP contribution in [0.2, 0.25) is 0 Å². The Morgan fingerprint density at radius 3 is 0.714 bits per heavy atom. The van der Waals surface area contributed by atoms with Crippen molar-refractivity contribution in [2.45, 2.75) is 20.8 Å². The van der Waals surface area contributed by atoms with Crippen LogP contribution in [0.5, 0.6) is 0 Å². The standard InChI is InChI=1S/3C2H4O2.Na.Pb/c3*1-2(3)4;;/h3*1H3,(H,3,4);;/q;;;+1;+2/p-3. The van der Waals surface area contributed by atoms with Gasteiger partial charge in [0, 0.05) is 17.9 Å². The van der Waals surface area contributed by atoms with Gasteiger partial charge >= 0.3 is 56.9 Å². The summed E-state index contributed by atoms with van der Waals surface area (Å²) >= 11 is 0. The molecule has 0 aromatic rings. The minimum absolute atomic E-state index is 0. The Morgan fingerprint density at radius 2 is 0.714 bits per heavy atom.